The Hall–Kier alpha value is -2.52. The summed E-state index contributed by atoms with van der Waals surface area (Å²) in [7, 11) is 1.18. The fourth-order valence-corrected chi connectivity index (χ4v) is 3.55. The molecule has 1 radical (unpaired) electrons. The second-order valence-corrected chi connectivity index (χ2v) is 5.46. The smallest absolute Gasteiger partial charge is 0.326 e. The van der Waals surface area contributed by atoms with Gasteiger partial charge in [-0.1, -0.05) is 54.0 Å². The molecule has 2 nitrogen and oxygen atoms in total. The highest BCUT2D eigenvalue weighted by atomic mass is 16.2. The van der Waals surface area contributed by atoms with Crippen LogP contribution in [0.2, 0.25) is 0 Å². The van der Waals surface area contributed by atoms with Gasteiger partial charge in [0.05, 0.1) is 16.6 Å². The molecular weight excluding hydrogens is 257 g/mol. The SMILES string of the molecule is O[B]c1cc2c3ccccc3n3c4ccccc4c(c1)c23. The van der Waals surface area contributed by atoms with Gasteiger partial charge >= 0.3 is 7.48 Å². The van der Waals surface area contributed by atoms with Crippen LogP contribution in [0, 0.1) is 0 Å². The van der Waals surface area contributed by atoms with E-state index in [-0.39, 0.29) is 0 Å². The van der Waals surface area contributed by atoms with Gasteiger partial charge in [0.25, 0.3) is 0 Å². The molecule has 2 aromatic heterocycles. The Labute approximate surface area is 121 Å². The van der Waals surface area contributed by atoms with Gasteiger partial charge in [-0.05, 0) is 12.1 Å². The van der Waals surface area contributed by atoms with Crippen molar-refractivity contribution in [3.63, 3.8) is 0 Å². The Balaban J connectivity index is 2.24. The summed E-state index contributed by atoms with van der Waals surface area (Å²) in [5.41, 5.74) is 4.52. The first-order chi connectivity index (χ1) is 10.4. The highest BCUT2D eigenvalue weighted by molar-refractivity contribution is 6.47. The summed E-state index contributed by atoms with van der Waals surface area (Å²) in [5, 5.41) is 14.3. The lowest BCUT2D eigenvalue weighted by atomic mass is 9.86. The predicted octanol–water partition coefficient (Wildman–Crippen LogP) is 3.07. The highest BCUT2D eigenvalue weighted by Gasteiger charge is 2.17. The molecule has 3 aromatic carbocycles. The van der Waals surface area contributed by atoms with E-state index >= 15 is 0 Å². The van der Waals surface area contributed by atoms with Gasteiger partial charge < -0.3 is 9.42 Å². The number of hydrogen-bond donors (Lipinski definition) is 1. The van der Waals surface area contributed by atoms with Crippen molar-refractivity contribution in [2.75, 3.05) is 0 Å². The Morgan fingerprint density at radius 3 is 1.76 bits per heavy atom. The van der Waals surface area contributed by atoms with Gasteiger partial charge in [0.1, 0.15) is 0 Å². The summed E-state index contributed by atoms with van der Waals surface area (Å²) in [6, 6.07) is 21.0. The Kier molecular flexibility index (Phi) is 2.01. The maximum absolute atomic E-state index is 9.46. The number of nitrogens with zero attached hydrogens (tertiary/aromatic N) is 1. The third kappa shape index (κ3) is 1.27. The fourth-order valence-electron chi connectivity index (χ4n) is 3.55. The molecule has 0 aliphatic rings. The first-order valence-corrected chi connectivity index (χ1v) is 7.03. The normalized spacial score (nSPS) is 12.0. The van der Waals surface area contributed by atoms with Crippen LogP contribution in [0.5, 0.6) is 0 Å². The second-order valence-electron chi connectivity index (χ2n) is 5.46. The number of aromatic nitrogens is 1. The summed E-state index contributed by atoms with van der Waals surface area (Å²) in [6.07, 6.45) is 0. The number of rotatable bonds is 1. The molecule has 3 heteroatoms. The molecule has 2 heterocycles. The van der Waals surface area contributed by atoms with Gasteiger partial charge in [-0.15, -0.1) is 0 Å². The van der Waals surface area contributed by atoms with Crippen LogP contribution >= 0.6 is 0 Å². The van der Waals surface area contributed by atoms with E-state index in [0.29, 0.717) is 0 Å². The lowest BCUT2D eigenvalue weighted by Crippen LogP contribution is -2.12. The molecule has 0 fully saturated rings. The molecule has 0 amide bonds. The standard InChI is InChI=1S/C18H11BNO/c21-19-11-9-14-12-5-1-3-7-16(12)20-17-8-4-2-6-13(17)15(10-11)18(14)20/h1-10,21H. The van der Waals surface area contributed by atoms with Crippen molar-refractivity contribution in [1.29, 1.82) is 0 Å². The van der Waals surface area contributed by atoms with Crippen molar-refractivity contribution in [1.82, 2.24) is 4.40 Å². The van der Waals surface area contributed by atoms with Crippen molar-refractivity contribution < 1.29 is 5.02 Å². The number of fused-ring (bicyclic) bond motifs is 6. The first-order valence-electron chi connectivity index (χ1n) is 7.03. The van der Waals surface area contributed by atoms with Crippen LogP contribution in [0.3, 0.4) is 0 Å². The van der Waals surface area contributed by atoms with Gasteiger partial charge in [0.2, 0.25) is 0 Å². The Bertz CT molecular complexity index is 1040. The molecule has 1 N–H and O–H groups in total. The molecule has 0 spiro atoms. The van der Waals surface area contributed by atoms with Gasteiger partial charge in [-0.25, -0.2) is 0 Å². The molecule has 0 bridgehead atoms. The molecule has 0 unspecified atom stereocenters. The molecule has 5 aromatic rings. The molecule has 97 valence electrons. The molecule has 0 atom stereocenters. The van der Waals surface area contributed by atoms with Crippen LogP contribution in [0.25, 0.3) is 38.1 Å². The summed E-state index contributed by atoms with van der Waals surface area (Å²) in [5.74, 6) is 0. The number of benzene rings is 3. The minimum absolute atomic E-state index is 0.845. The van der Waals surface area contributed by atoms with Crippen LogP contribution in [-0.2, 0) is 0 Å². The van der Waals surface area contributed by atoms with Crippen LogP contribution in [0.4, 0.5) is 0 Å². The maximum Gasteiger partial charge on any atom is 0.326 e. The zero-order valence-electron chi connectivity index (χ0n) is 11.2. The van der Waals surface area contributed by atoms with E-state index in [1.807, 2.05) is 0 Å². The quantitative estimate of drug-likeness (QED) is 0.464. The monoisotopic (exact) mass is 268 g/mol. The Morgan fingerprint density at radius 1 is 0.714 bits per heavy atom. The van der Waals surface area contributed by atoms with Crippen molar-refractivity contribution >= 4 is 51.0 Å². The van der Waals surface area contributed by atoms with Crippen molar-refractivity contribution in [3.05, 3.63) is 60.7 Å². The summed E-state index contributed by atoms with van der Waals surface area (Å²) >= 11 is 0. The van der Waals surface area contributed by atoms with Gasteiger partial charge in [0.15, 0.2) is 0 Å². The Morgan fingerprint density at radius 2 is 1.24 bits per heavy atom. The lowest BCUT2D eigenvalue weighted by molar-refractivity contribution is 0.615. The predicted molar refractivity (Wildman–Crippen MR) is 88.7 cm³/mol. The van der Waals surface area contributed by atoms with Crippen molar-refractivity contribution in [2.45, 2.75) is 0 Å². The van der Waals surface area contributed by atoms with Crippen LogP contribution < -0.4 is 5.46 Å². The average molecular weight is 268 g/mol. The molecule has 0 aliphatic carbocycles. The minimum Gasteiger partial charge on any atom is -0.450 e. The topological polar surface area (TPSA) is 24.6 Å². The zero-order valence-corrected chi connectivity index (χ0v) is 11.2. The molecular formula is C18H11BNO. The fraction of sp³-hybridized carbons (Fsp3) is 0. The maximum atomic E-state index is 9.46. The van der Waals surface area contributed by atoms with E-state index in [1.165, 1.54) is 45.6 Å². The summed E-state index contributed by atoms with van der Waals surface area (Å²) < 4.78 is 2.33. The first kappa shape index (κ1) is 11.2. The summed E-state index contributed by atoms with van der Waals surface area (Å²) in [6.45, 7) is 0. The molecule has 21 heavy (non-hydrogen) atoms. The lowest BCUT2D eigenvalue weighted by Gasteiger charge is -1.98. The van der Waals surface area contributed by atoms with Crippen LogP contribution in [-0.4, -0.2) is 16.9 Å². The van der Waals surface area contributed by atoms with Crippen molar-refractivity contribution in [2.24, 2.45) is 0 Å². The van der Waals surface area contributed by atoms with Gasteiger partial charge in [0, 0.05) is 21.5 Å². The largest absolute Gasteiger partial charge is 0.450 e. The van der Waals surface area contributed by atoms with Crippen molar-refractivity contribution in [3.8, 4) is 0 Å². The third-order valence-electron chi connectivity index (χ3n) is 4.38. The average Bonchev–Trinajstić information content (AvgIpc) is 3.05. The van der Waals surface area contributed by atoms with Crippen LogP contribution in [0.1, 0.15) is 0 Å². The highest BCUT2D eigenvalue weighted by Crippen LogP contribution is 2.37. The number of para-hydroxylation sites is 2. The number of hydrogen-bond acceptors (Lipinski definition) is 1. The minimum atomic E-state index is 0.845. The molecule has 0 saturated carbocycles. The third-order valence-corrected chi connectivity index (χ3v) is 4.38. The zero-order chi connectivity index (χ0) is 14.0. The van der Waals surface area contributed by atoms with E-state index in [4.69, 9.17) is 0 Å². The van der Waals surface area contributed by atoms with E-state index in [0.717, 1.165) is 5.46 Å². The van der Waals surface area contributed by atoms with E-state index in [9.17, 15) is 5.02 Å². The molecule has 5 rings (SSSR count). The van der Waals surface area contributed by atoms with E-state index in [2.05, 4.69) is 65.1 Å². The second kappa shape index (κ2) is 3.77. The molecule has 0 saturated heterocycles. The van der Waals surface area contributed by atoms with E-state index < -0.39 is 0 Å². The summed E-state index contributed by atoms with van der Waals surface area (Å²) in [4.78, 5) is 0. The van der Waals surface area contributed by atoms with Crippen LogP contribution in [0.15, 0.2) is 60.7 Å². The van der Waals surface area contributed by atoms with Gasteiger partial charge in [-0.3, -0.25) is 0 Å². The van der Waals surface area contributed by atoms with E-state index in [1.54, 1.807) is 0 Å². The van der Waals surface area contributed by atoms with Gasteiger partial charge in [-0.2, -0.15) is 0 Å². The molecule has 0 aliphatic heterocycles.